The number of hydrogen-bond acceptors (Lipinski definition) is 4. The van der Waals surface area contributed by atoms with Gasteiger partial charge in [-0.05, 0) is 50.1 Å². The van der Waals surface area contributed by atoms with E-state index in [-0.39, 0.29) is 23.8 Å². The van der Waals surface area contributed by atoms with Gasteiger partial charge >= 0.3 is 6.18 Å². The summed E-state index contributed by atoms with van der Waals surface area (Å²) in [5, 5.41) is 6.86. The quantitative estimate of drug-likeness (QED) is 0.629. The maximum atomic E-state index is 13.2. The van der Waals surface area contributed by atoms with E-state index < -0.39 is 34.8 Å². The number of likely N-dealkylation sites (tertiary alicyclic amines) is 1. The number of rotatable bonds is 4. The average molecular weight is 470 g/mol. The summed E-state index contributed by atoms with van der Waals surface area (Å²) in [4.78, 5) is 39.9. The number of carbonyl (C=O) groups excluding carboxylic acids is 2. The second kappa shape index (κ2) is 9.12. The first-order chi connectivity index (χ1) is 16.1. The fourth-order valence-corrected chi connectivity index (χ4v) is 3.94. The van der Waals surface area contributed by atoms with Gasteiger partial charge in [-0.1, -0.05) is 24.3 Å². The van der Waals surface area contributed by atoms with Gasteiger partial charge in [0.05, 0.1) is 11.3 Å². The van der Waals surface area contributed by atoms with E-state index >= 15 is 0 Å². The van der Waals surface area contributed by atoms with Crippen LogP contribution in [0.4, 0.5) is 18.9 Å². The Labute approximate surface area is 192 Å². The number of aryl methyl sites for hydroxylation is 1. The number of alkyl halides is 3. The van der Waals surface area contributed by atoms with Crippen molar-refractivity contribution in [2.75, 3.05) is 11.9 Å². The van der Waals surface area contributed by atoms with Crippen LogP contribution in [0.3, 0.4) is 0 Å². The number of carbonyl (C=O) groups is 2. The summed E-state index contributed by atoms with van der Waals surface area (Å²) in [6.45, 7) is 1.76. The number of nitrogens with one attached hydrogen (secondary N) is 1. The largest absolute Gasteiger partial charge is 0.416 e. The fraction of sp³-hybridized carbons (Fsp3) is 0.250. The maximum absolute atomic E-state index is 13.2. The molecule has 0 saturated carbocycles. The highest BCUT2D eigenvalue weighted by Crippen LogP contribution is 2.30. The summed E-state index contributed by atoms with van der Waals surface area (Å²) in [7, 11) is 0. The smallest absolute Gasteiger partial charge is 0.325 e. The normalized spacial score (nSPS) is 15.9. The van der Waals surface area contributed by atoms with Crippen LogP contribution in [0.15, 0.2) is 65.5 Å². The molecule has 0 radical (unpaired) electrons. The van der Waals surface area contributed by atoms with Crippen LogP contribution in [0, 0.1) is 6.92 Å². The number of aromatic nitrogens is 2. The lowest BCUT2D eigenvalue weighted by Crippen LogP contribution is -2.45. The van der Waals surface area contributed by atoms with Gasteiger partial charge in [-0.3, -0.25) is 14.4 Å². The predicted molar refractivity (Wildman–Crippen MR) is 119 cm³/mol. The molecule has 7 nitrogen and oxygen atoms in total. The summed E-state index contributed by atoms with van der Waals surface area (Å²) in [5.41, 5.74) is -1.11. The zero-order valence-electron chi connectivity index (χ0n) is 18.2. The van der Waals surface area contributed by atoms with Crippen LogP contribution in [-0.2, 0) is 11.0 Å². The van der Waals surface area contributed by atoms with Crippen LogP contribution in [-0.4, -0.2) is 39.1 Å². The summed E-state index contributed by atoms with van der Waals surface area (Å²) in [6, 6.07) is 13.6. The lowest BCUT2D eigenvalue weighted by Gasteiger charge is -2.24. The van der Waals surface area contributed by atoms with Crippen molar-refractivity contribution in [3.05, 3.63) is 87.8 Å². The van der Waals surface area contributed by atoms with Crippen molar-refractivity contribution >= 4 is 17.5 Å². The number of benzene rings is 2. The van der Waals surface area contributed by atoms with Gasteiger partial charge in [-0.25, -0.2) is 4.68 Å². The van der Waals surface area contributed by atoms with E-state index in [4.69, 9.17) is 0 Å². The van der Waals surface area contributed by atoms with Crippen molar-refractivity contribution in [2.45, 2.75) is 32.0 Å². The Morgan fingerprint density at radius 1 is 1.06 bits per heavy atom. The number of halogens is 3. The molecule has 1 aliphatic rings. The van der Waals surface area contributed by atoms with Gasteiger partial charge in [-0.15, -0.1) is 0 Å². The molecule has 1 N–H and O–H groups in total. The Kier molecular flexibility index (Phi) is 6.23. The summed E-state index contributed by atoms with van der Waals surface area (Å²) < 4.78 is 40.6. The van der Waals surface area contributed by atoms with E-state index in [0.717, 1.165) is 22.9 Å². The zero-order valence-corrected chi connectivity index (χ0v) is 18.2. The summed E-state index contributed by atoms with van der Waals surface area (Å²) >= 11 is 0. The molecule has 10 heteroatoms. The first kappa shape index (κ1) is 23.2. The van der Waals surface area contributed by atoms with Gasteiger partial charge in [0, 0.05) is 24.0 Å². The zero-order chi connectivity index (χ0) is 24.5. The molecule has 1 fully saturated rings. The molecule has 2 aromatic carbocycles. The van der Waals surface area contributed by atoms with Crippen molar-refractivity contribution in [3.8, 4) is 5.69 Å². The minimum Gasteiger partial charge on any atom is -0.325 e. The third kappa shape index (κ3) is 4.70. The molecule has 1 atom stereocenters. The lowest BCUT2D eigenvalue weighted by molar-refractivity contribution is -0.137. The number of para-hydroxylation sites is 1. The lowest BCUT2D eigenvalue weighted by atomic mass is 10.1. The maximum Gasteiger partial charge on any atom is 0.416 e. The van der Waals surface area contributed by atoms with Gasteiger partial charge in [0.15, 0.2) is 5.69 Å². The van der Waals surface area contributed by atoms with E-state index in [9.17, 15) is 27.6 Å². The highest BCUT2D eigenvalue weighted by molar-refractivity contribution is 6.00. The van der Waals surface area contributed by atoms with Crippen molar-refractivity contribution < 1.29 is 22.8 Å². The standard InChI is InChI=1S/C24H21F3N4O3/c1-15-13-20(32)21(29-31(15)18-10-5-7-16(14-18)24(25,26)27)23(34)30-12-6-11-19(30)22(33)28-17-8-3-2-4-9-17/h2-5,7-10,13-14,19H,6,11-12H2,1H3,(H,28,33). The molecule has 1 aromatic heterocycles. The molecule has 0 spiro atoms. The van der Waals surface area contributed by atoms with Gasteiger partial charge in [-0.2, -0.15) is 18.3 Å². The van der Waals surface area contributed by atoms with Crippen LogP contribution >= 0.6 is 0 Å². The Bertz CT molecular complexity index is 1290. The van der Waals surface area contributed by atoms with E-state index in [1.165, 1.54) is 24.0 Å². The van der Waals surface area contributed by atoms with E-state index in [1.54, 1.807) is 30.3 Å². The van der Waals surface area contributed by atoms with Gasteiger partial charge in [0.2, 0.25) is 11.3 Å². The molecule has 0 bridgehead atoms. The molecule has 0 aliphatic carbocycles. The Balaban J connectivity index is 1.65. The monoisotopic (exact) mass is 470 g/mol. The van der Waals surface area contributed by atoms with Gasteiger partial charge in [0.25, 0.3) is 5.91 Å². The molecule has 2 heterocycles. The third-order valence-electron chi connectivity index (χ3n) is 5.59. The molecule has 176 valence electrons. The van der Waals surface area contributed by atoms with Crippen molar-refractivity contribution in [1.82, 2.24) is 14.7 Å². The van der Waals surface area contributed by atoms with E-state index in [2.05, 4.69) is 10.4 Å². The van der Waals surface area contributed by atoms with Crippen LogP contribution in [0.1, 0.15) is 34.6 Å². The summed E-state index contributed by atoms with van der Waals surface area (Å²) in [6.07, 6.45) is -3.58. The SMILES string of the molecule is Cc1cc(=O)c(C(=O)N2CCCC2C(=O)Nc2ccccc2)nn1-c1cccc(C(F)(F)F)c1. The topological polar surface area (TPSA) is 84.3 Å². The van der Waals surface area contributed by atoms with Gasteiger partial charge < -0.3 is 10.2 Å². The molecule has 1 aliphatic heterocycles. The molecule has 2 amide bonds. The number of hydrogen-bond donors (Lipinski definition) is 1. The molecule has 3 aromatic rings. The predicted octanol–water partition coefficient (Wildman–Crippen LogP) is 3.80. The molecular weight excluding hydrogens is 449 g/mol. The highest BCUT2D eigenvalue weighted by Gasteiger charge is 2.36. The van der Waals surface area contributed by atoms with Crippen LogP contribution in [0.2, 0.25) is 0 Å². The van der Waals surface area contributed by atoms with Crippen molar-refractivity contribution in [3.63, 3.8) is 0 Å². The minimum atomic E-state index is -4.56. The molecule has 1 unspecified atom stereocenters. The van der Waals surface area contributed by atoms with Crippen LogP contribution in [0.5, 0.6) is 0 Å². The Morgan fingerprint density at radius 2 is 1.79 bits per heavy atom. The van der Waals surface area contributed by atoms with E-state index in [0.29, 0.717) is 18.5 Å². The van der Waals surface area contributed by atoms with E-state index in [1.807, 2.05) is 0 Å². The second-order valence-corrected chi connectivity index (χ2v) is 7.97. The first-order valence-electron chi connectivity index (χ1n) is 10.6. The van der Waals surface area contributed by atoms with Crippen LogP contribution < -0.4 is 10.7 Å². The van der Waals surface area contributed by atoms with Crippen LogP contribution in [0.25, 0.3) is 5.69 Å². The highest BCUT2D eigenvalue weighted by atomic mass is 19.4. The van der Waals surface area contributed by atoms with Crippen molar-refractivity contribution in [2.24, 2.45) is 0 Å². The first-order valence-corrected chi connectivity index (χ1v) is 10.6. The molecule has 1 saturated heterocycles. The molecular formula is C24H21F3N4O3. The minimum absolute atomic E-state index is 0.0566. The Morgan fingerprint density at radius 3 is 2.50 bits per heavy atom. The third-order valence-corrected chi connectivity index (χ3v) is 5.59. The van der Waals surface area contributed by atoms with Crippen molar-refractivity contribution in [1.29, 1.82) is 0 Å². The second-order valence-electron chi connectivity index (χ2n) is 7.97. The number of anilines is 1. The number of amides is 2. The molecule has 34 heavy (non-hydrogen) atoms. The Hall–Kier alpha value is -3.95. The summed E-state index contributed by atoms with van der Waals surface area (Å²) in [5.74, 6) is -1.13. The number of nitrogens with zero attached hydrogens (tertiary/aromatic N) is 3. The van der Waals surface area contributed by atoms with Gasteiger partial charge in [0.1, 0.15) is 6.04 Å². The fourth-order valence-electron chi connectivity index (χ4n) is 3.94. The average Bonchev–Trinajstić information content (AvgIpc) is 3.29. The molecule has 4 rings (SSSR count).